The lowest BCUT2D eigenvalue weighted by atomic mass is 11.8. The molecule has 2 nitrogen and oxygen atoms in total. The number of carbonyl (C=O) groups excluding carboxylic acids is 1. The Morgan fingerprint density at radius 2 is 1.40 bits per heavy atom. The van der Waals surface area contributed by atoms with Crippen LogP contribution in [0.1, 0.15) is 0 Å². The van der Waals surface area contributed by atoms with Crippen molar-refractivity contribution >= 4 is 27.9 Å². The van der Waals surface area contributed by atoms with Gasteiger partial charge in [-0.25, -0.2) is 0 Å². The summed E-state index contributed by atoms with van der Waals surface area (Å²) < 4.78 is -0.889. The van der Waals surface area contributed by atoms with Gasteiger partial charge in [0.05, 0.1) is 0 Å². The van der Waals surface area contributed by atoms with Crippen molar-refractivity contribution in [3.05, 3.63) is 0 Å². The Balaban J connectivity index is 0. The van der Waals surface area contributed by atoms with Crippen LogP contribution in [-0.2, 0) is 0 Å². The molecule has 5 heavy (non-hydrogen) atoms. The summed E-state index contributed by atoms with van der Waals surface area (Å²) in [7, 11) is 0. The van der Waals surface area contributed by atoms with E-state index in [1.165, 1.54) is 0 Å². The zero-order valence-electron chi connectivity index (χ0n) is 2.37. The van der Waals surface area contributed by atoms with Crippen LogP contribution < -0.4 is 6.15 Å². The summed E-state index contributed by atoms with van der Waals surface area (Å²) in [6.45, 7) is 0. The van der Waals surface area contributed by atoms with Crippen molar-refractivity contribution in [2.45, 2.75) is 0 Å². The van der Waals surface area contributed by atoms with Gasteiger partial charge < -0.3 is 6.15 Å². The van der Waals surface area contributed by atoms with E-state index in [-0.39, 0.29) is 6.15 Å². The lowest BCUT2D eigenvalue weighted by Crippen LogP contribution is -1.46. The summed E-state index contributed by atoms with van der Waals surface area (Å²) in [4.78, 5) is 8.98. The Hall–Kier alpha value is 0.210. The molecule has 0 atom stereocenters. The molecule has 3 N–H and O–H groups in total. The van der Waals surface area contributed by atoms with Crippen LogP contribution in [0.3, 0.4) is 0 Å². The Labute approximate surface area is 39.6 Å². The molecule has 32 valence electrons. The number of halogens is 2. The molecule has 0 unspecified atom stereocenters. The highest BCUT2D eigenvalue weighted by molar-refractivity contribution is 6.93. The first kappa shape index (κ1) is 8.96. The predicted octanol–water partition coefficient (Wildman–Crippen LogP) is 1.75. The molecule has 0 amide bonds. The normalized spacial score (nSPS) is 5.20. The monoisotopic (exact) mass is 115 g/mol. The van der Waals surface area contributed by atoms with E-state index in [0.29, 0.717) is 0 Å². The molecule has 0 aromatic rings. The van der Waals surface area contributed by atoms with E-state index in [1.54, 1.807) is 0 Å². The van der Waals surface area contributed by atoms with Crippen LogP contribution in [0, 0.1) is 0 Å². The van der Waals surface area contributed by atoms with Crippen molar-refractivity contribution in [1.82, 2.24) is 6.15 Å². The van der Waals surface area contributed by atoms with Gasteiger partial charge >= 0.3 is 4.70 Å². The van der Waals surface area contributed by atoms with Crippen LogP contribution in [-0.4, -0.2) is 4.70 Å². The molecule has 0 rings (SSSR count). The van der Waals surface area contributed by atoms with E-state index in [9.17, 15) is 0 Å². The highest BCUT2D eigenvalue weighted by Gasteiger charge is 1.72. The zero-order valence-corrected chi connectivity index (χ0v) is 3.88. The van der Waals surface area contributed by atoms with Gasteiger partial charge in [-0.3, -0.25) is 4.79 Å². The summed E-state index contributed by atoms with van der Waals surface area (Å²) in [6.07, 6.45) is 0. The van der Waals surface area contributed by atoms with E-state index in [4.69, 9.17) is 4.79 Å². The number of hydrogen-bond donors (Lipinski definition) is 1. The number of carbonyl (C=O) groups is 1. The quantitative estimate of drug-likeness (QED) is 0.490. The van der Waals surface area contributed by atoms with Gasteiger partial charge in [0.1, 0.15) is 0 Å². The Kier molecular flexibility index (Phi) is 7.55. The van der Waals surface area contributed by atoms with Gasteiger partial charge in [-0.05, 0) is 23.2 Å². The molecule has 0 aromatic carbocycles. The average Bonchev–Trinajstić information content (AvgIpc) is 0.811. The molecular weight excluding hydrogens is 113 g/mol. The van der Waals surface area contributed by atoms with Crippen LogP contribution in [0.25, 0.3) is 0 Å². The molecule has 4 heteroatoms. The van der Waals surface area contributed by atoms with Crippen molar-refractivity contribution in [2.24, 2.45) is 0 Å². The summed E-state index contributed by atoms with van der Waals surface area (Å²) in [5.41, 5.74) is 0. The van der Waals surface area contributed by atoms with Crippen molar-refractivity contribution in [1.29, 1.82) is 0 Å². The Morgan fingerprint density at radius 1 is 1.40 bits per heavy atom. The summed E-state index contributed by atoms with van der Waals surface area (Å²) in [6, 6.07) is 0. The lowest BCUT2D eigenvalue weighted by Gasteiger charge is -1.48. The van der Waals surface area contributed by atoms with Gasteiger partial charge in [0, 0.05) is 0 Å². The van der Waals surface area contributed by atoms with Gasteiger partial charge in [-0.15, -0.1) is 0 Å². The van der Waals surface area contributed by atoms with Crippen LogP contribution in [0.2, 0.25) is 0 Å². The van der Waals surface area contributed by atoms with Crippen LogP contribution in [0.4, 0.5) is 4.79 Å². The molecule has 0 heterocycles. The minimum atomic E-state index is -0.889. The molecule has 0 aliphatic carbocycles. The molecular formula is CH3Cl2NO. The molecule has 0 spiro atoms. The Morgan fingerprint density at radius 3 is 1.40 bits per heavy atom. The fraction of sp³-hybridized carbons (Fsp3) is 0. The minimum absolute atomic E-state index is 0. The maximum absolute atomic E-state index is 8.98. The summed E-state index contributed by atoms with van der Waals surface area (Å²) in [5.74, 6) is 0. The SMILES string of the molecule is N.O=C(Cl)Cl. The molecule has 0 saturated heterocycles. The second-order valence-electron chi connectivity index (χ2n) is 0.226. The van der Waals surface area contributed by atoms with E-state index >= 15 is 0 Å². The molecule has 0 radical (unpaired) electrons. The first-order chi connectivity index (χ1) is 1.73. The molecule has 0 bridgehead atoms. The maximum Gasteiger partial charge on any atom is 0.313 e. The van der Waals surface area contributed by atoms with Crippen molar-refractivity contribution in [3.63, 3.8) is 0 Å². The molecule has 0 fully saturated rings. The van der Waals surface area contributed by atoms with Crippen LogP contribution >= 0.6 is 23.2 Å². The first-order valence-corrected chi connectivity index (χ1v) is 1.34. The first-order valence-electron chi connectivity index (χ1n) is 0.582. The molecule has 0 aromatic heterocycles. The van der Waals surface area contributed by atoms with Gasteiger partial charge in [-0.1, -0.05) is 0 Å². The fourth-order valence-corrected chi connectivity index (χ4v) is 0. The largest absolute Gasteiger partial charge is 0.344 e. The standard InChI is InChI=1S/CCl2O.H3N/c2-1(3)4;/h;1H3. The predicted molar refractivity (Wildman–Crippen MR) is 22.1 cm³/mol. The van der Waals surface area contributed by atoms with Crippen LogP contribution in [0.15, 0.2) is 0 Å². The van der Waals surface area contributed by atoms with E-state index < -0.39 is 4.70 Å². The minimum Gasteiger partial charge on any atom is -0.344 e. The maximum atomic E-state index is 8.98. The highest BCUT2D eigenvalue weighted by Crippen LogP contribution is 1.84. The van der Waals surface area contributed by atoms with Gasteiger partial charge in [0.2, 0.25) is 0 Å². The topological polar surface area (TPSA) is 52.1 Å². The van der Waals surface area contributed by atoms with Gasteiger partial charge in [0.15, 0.2) is 0 Å². The Bertz CT molecular complexity index is 32.6. The smallest absolute Gasteiger partial charge is 0.313 e. The van der Waals surface area contributed by atoms with E-state index in [2.05, 4.69) is 23.2 Å². The van der Waals surface area contributed by atoms with Crippen molar-refractivity contribution < 1.29 is 4.79 Å². The lowest BCUT2D eigenvalue weighted by molar-refractivity contribution is 0.275. The third-order valence-corrected chi connectivity index (χ3v) is 0. The van der Waals surface area contributed by atoms with Crippen molar-refractivity contribution in [2.75, 3.05) is 0 Å². The third-order valence-electron chi connectivity index (χ3n) is 0. The number of rotatable bonds is 0. The highest BCUT2D eigenvalue weighted by atomic mass is 35.5. The average molecular weight is 116 g/mol. The third kappa shape index (κ3) is 466. The summed E-state index contributed by atoms with van der Waals surface area (Å²) >= 11 is 8.80. The summed E-state index contributed by atoms with van der Waals surface area (Å²) in [5, 5.41) is 0. The van der Waals surface area contributed by atoms with Gasteiger partial charge in [-0.2, -0.15) is 0 Å². The van der Waals surface area contributed by atoms with E-state index in [0.717, 1.165) is 0 Å². The molecule has 0 aliphatic rings. The molecule has 0 aliphatic heterocycles. The molecule has 0 saturated carbocycles. The van der Waals surface area contributed by atoms with Crippen molar-refractivity contribution in [3.8, 4) is 0 Å². The van der Waals surface area contributed by atoms with Gasteiger partial charge in [0.25, 0.3) is 0 Å². The van der Waals surface area contributed by atoms with Crippen LogP contribution in [0.5, 0.6) is 0 Å². The second-order valence-corrected chi connectivity index (χ2v) is 1.11. The number of hydrogen-bond acceptors (Lipinski definition) is 2. The van der Waals surface area contributed by atoms with E-state index in [1.807, 2.05) is 0 Å². The fourth-order valence-electron chi connectivity index (χ4n) is 0. The second kappa shape index (κ2) is 4.21. The zero-order chi connectivity index (χ0) is 3.58.